The summed E-state index contributed by atoms with van der Waals surface area (Å²) in [7, 11) is 1.78. The molecule has 2 N–H and O–H groups in total. The number of rotatable bonds is 7. The fourth-order valence-electron chi connectivity index (χ4n) is 2.40. The normalized spacial score (nSPS) is 11.7. The maximum absolute atomic E-state index is 5.93. The van der Waals surface area contributed by atoms with Gasteiger partial charge in [-0.3, -0.25) is 4.99 Å². The summed E-state index contributed by atoms with van der Waals surface area (Å²) in [6.45, 7) is 9.65. The molecule has 1 aromatic heterocycles. The van der Waals surface area contributed by atoms with Gasteiger partial charge in [0.1, 0.15) is 5.75 Å². The molecule has 0 aliphatic heterocycles. The van der Waals surface area contributed by atoms with Crippen molar-refractivity contribution in [1.82, 2.24) is 15.6 Å². The fraction of sp³-hybridized carbons (Fsp3) is 0.474. The van der Waals surface area contributed by atoms with Crippen molar-refractivity contribution >= 4 is 17.3 Å². The van der Waals surface area contributed by atoms with Crippen molar-refractivity contribution in [3.63, 3.8) is 0 Å². The third-order valence-electron chi connectivity index (χ3n) is 3.60. The monoisotopic (exact) mass is 360 g/mol. The maximum Gasteiger partial charge on any atom is 0.191 e. The van der Waals surface area contributed by atoms with Gasteiger partial charge in [0.15, 0.2) is 5.96 Å². The smallest absolute Gasteiger partial charge is 0.191 e. The standard InChI is InChI=1S/C19H28N4OS/c1-13(2)24-18-10-14(3)6-7-16(18)11-22-19(20-5)21-9-8-17-12-25-15(4)23-17/h6-7,10,12-13H,8-9,11H2,1-5H3,(H2,20,21,22). The molecular weight excluding hydrogens is 332 g/mol. The topological polar surface area (TPSA) is 58.5 Å². The van der Waals surface area contributed by atoms with Gasteiger partial charge in [-0.2, -0.15) is 0 Å². The van der Waals surface area contributed by atoms with E-state index in [0.29, 0.717) is 6.54 Å². The second-order valence-electron chi connectivity index (χ2n) is 6.24. The van der Waals surface area contributed by atoms with Gasteiger partial charge >= 0.3 is 0 Å². The van der Waals surface area contributed by atoms with Crippen LogP contribution in [0.1, 0.15) is 35.7 Å². The van der Waals surface area contributed by atoms with Gasteiger partial charge in [-0.1, -0.05) is 12.1 Å². The number of thiazole rings is 1. The quantitative estimate of drug-likeness (QED) is 0.586. The van der Waals surface area contributed by atoms with Crippen molar-refractivity contribution in [2.75, 3.05) is 13.6 Å². The lowest BCUT2D eigenvalue weighted by molar-refractivity contribution is 0.239. The number of aryl methyl sites for hydroxylation is 2. The summed E-state index contributed by atoms with van der Waals surface area (Å²) in [5.41, 5.74) is 3.44. The third kappa shape index (κ3) is 6.38. The molecule has 0 bridgehead atoms. The lowest BCUT2D eigenvalue weighted by Gasteiger charge is -2.17. The summed E-state index contributed by atoms with van der Waals surface area (Å²) in [6.07, 6.45) is 1.04. The Balaban J connectivity index is 1.87. The van der Waals surface area contributed by atoms with Crippen LogP contribution in [0.2, 0.25) is 0 Å². The van der Waals surface area contributed by atoms with E-state index in [-0.39, 0.29) is 6.10 Å². The molecule has 0 aliphatic rings. The van der Waals surface area contributed by atoms with E-state index in [1.807, 2.05) is 20.8 Å². The van der Waals surface area contributed by atoms with Crippen molar-refractivity contribution in [2.45, 2.75) is 46.8 Å². The van der Waals surface area contributed by atoms with Crippen LogP contribution in [-0.2, 0) is 13.0 Å². The molecule has 6 heteroatoms. The average molecular weight is 361 g/mol. The number of aromatic nitrogens is 1. The predicted octanol–water partition coefficient (Wildman–Crippen LogP) is 3.45. The van der Waals surface area contributed by atoms with Gasteiger partial charge in [0.2, 0.25) is 0 Å². The Bertz CT molecular complexity index is 709. The van der Waals surface area contributed by atoms with Crippen LogP contribution in [0.3, 0.4) is 0 Å². The third-order valence-corrected chi connectivity index (χ3v) is 4.42. The lowest BCUT2D eigenvalue weighted by Crippen LogP contribution is -2.38. The van der Waals surface area contributed by atoms with Crippen molar-refractivity contribution in [1.29, 1.82) is 0 Å². The molecule has 0 unspecified atom stereocenters. The highest BCUT2D eigenvalue weighted by Gasteiger charge is 2.07. The molecule has 25 heavy (non-hydrogen) atoms. The predicted molar refractivity (Wildman–Crippen MR) is 106 cm³/mol. The number of hydrogen-bond acceptors (Lipinski definition) is 4. The Morgan fingerprint density at radius 1 is 1.28 bits per heavy atom. The summed E-state index contributed by atoms with van der Waals surface area (Å²) in [5.74, 6) is 1.71. The molecule has 2 rings (SSSR count). The van der Waals surface area contributed by atoms with Crippen molar-refractivity contribution in [3.8, 4) is 5.75 Å². The molecule has 0 amide bonds. The molecular formula is C19H28N4OS. The molecule has 0 atom stereocenters. The zero-order valence-electron chi connectivity index (χ0n) is 15.7. The Hall–Kier alpha value is -2.08. The van der Waals surface area contributed by atoms with E-state index in [1.165, 1.54) is 5.56 Å². The van der Waals surface area contributed by atoms with Gasteiger partial charge in [-0.05, 0) is 39.3 Å². The number of nitrogens with one attached hydrogen (secondary N) is 2. The first-order valence-corrected chi connectivity index (χ1v) is 9.47. The van der Waals surface area contributed by atoms with Crippen LogP contribution >= 0.6 is 11.3 Å². The van der Waals surface area contributed by atoms with Crippen molar-refractivity contribution < 1.29 is 4.74 Å². The largest absolute Gasteiger partial charge is 0.491 e. The Kier molecular flexibility index (Phi) is 7.25. The molecule has 0 fully saturated rings. The van der Waals surface area contributed by atoms with Gasteiger partial charge in [-0.25, -0.2) is 4.98 Å². The minimum Gasteiger partial charge on any atom is -0.491 e. The van der Waals surface area contributed by atoms with Crippen LogP contribution in [0.5, 0.6) is 5.75 Å². The summed E-state index contributed by atoms with van der Waals surface area (Å²) >= 11 is 1.69. The Labute approximate surface area is 154 Å². The number of hydrogen-bond donors (Lipinski definition) is 2. The molecule has 136 valence electrons. The molecule has 1 aromatic carbocycles. The Morgan fingerprint density at radius 2 is 2.08 bits per heavy atom. The molecule has 1 heterocycles. The average Bonchev–Trinajstić information content (AvgIpc) is 2.97. The van der Waals surface area contributed by atoms with Crippen LogP contribution in [0, 0.1) is 13.8 Å². The van der Waals surface area contributed by atoms with E-state index < -0.39 is 0 Å². The highest BCUT2D eigenvalue weighted by Crippen LogP contribution is 2.21. The summed E-state index contributed by atoms with van der Waals surface area (Å²) < 4.78 is 5.93. The SMILES string of the molecule is CN=C(NCCc1csc(C)n1)NCc1ccc(C)cc1OC(C)C. The molecule has 0 saturated heterocycles. The summed E-state index contributed by atoms with van der Waals surface area (Å²) in [4.78, 5) is 8.76. The van der Waals surface area contributed by atoms with E-state index in [0.717, 1.165) is 40.9 Å². The second-order valence-corrected chi connectivity index (χ2v) is 7.30. The number of nitrogens with zero attached hydrogens (tertiary/aromatic N) is 2. The lowest BCUT2D eigenvalue weighted by atomic mass is 10.1. The first-order valence-electron chi connectivity index (χ1n) is 8.59. The first kappa shape index (κ1) is 19.2. The molecule has 2 aromatic rings. The van der Waals surface area contributed by atoms with E-state index in [9.17, 15) is 0 Å². The van der Waals surface area contributed by atoms with Crippen LogP contribution < -0.4 is 15.4 Å². The van der Waals surface area contributed by atoms with E-state index in [2.05, 4.69) is 51.1 Å². The van der Waals surface area contributed by atoms with Gasteiger partial charge in [-0.15, -0.1) is 11.3 Å². The zero-order chi connectivity index (χ0) is 18.2. The van der Waals surface area contributed by atoms with Crippen LogP contribution in [0.15, 0.2) is 28.6 Å². The van der Waals surface area contributed by atoms with E-state index >= 15 is 0 Å². The minimum atomic E-state index is 0.152. The highest BCUT2D eigenvalue weighted by molar-refractivity contribution is 7.09. The fourth-order valence-corrected chi connectivity index (χ4v) is 3.05. The number of benzene rings is 1. The molecule has 5 nitrogen and oxygen atoms in total. The van der Waals surface area contributed by atoms with Crippen LogP contribution in [0.4, 0.5) is 0 Å². The maximum atomic E-state index is 5.93. The van der Waals surface area contributed by atoms with E-state index in [1.54, 1.807) is 18.4 Å². The minimum absolute atomic E-state index is 0.152. The van der Waals surface area contributed by atoms with Crippen molar-refractivity contribution in [3.05, 3.63) is 45.4 Å². The number of aliphatic imine (C=N–C) groups is 1. The van der Waals surface area contributed by atoms with Gasteiger partial charge in [0.25, 0.3) is 0 Å². The highest BCUT2D eigenvalue weighted by atomic mass is 32.1. The first-order chi connectivity index (χ1) is 12.0. The van der Waals surface area contributed by atoms with Crippen LogP contribution in [-0.4, -0.2) is 30.6 Å². The molecule has 0 radical (unpaired) electrons. The molecule has 0 aliphatic carbocycles. The molecule has 0 spiro atoms. The summed E-state index contributed by atoms with van der Waals surface area (Å²) in [6, 6.07) is 6.29. The molecule has 0 saturated carbocycles. The zero-order valence-corrected chi connectivity index (χ0v) is 16.5. The Morgan fingerprint density at radius 3 is 2.72 bits per heavy atom. The summed E-state index contributed by atoms with van der Waals surface area (Å²) in [5, 5.41) is 9.90. The van der Waals surface area contributed by atoms with Gasteiger partial charge < -0.3 is 15.4 Å². The van der Waals surface area contributed by atoms with Crippen molar-refractivity contribution in [2.24, 2.45) is 4.99 Å². The number of ether oxygens (including phenoxy) is 1. The van der Waals surface area contributed by atoms with Gasteiger partial charge in [0.05, 0.1) is 16.8 Å². The van der Waals surface area contributed by atoms with Crippen LogP contribution in [0.25, 0.3) is 0 Å². The number of guanidine groups is 1. The van der Waals surface area contributed by atoms with E-state index in [4.69, 9.17) is 4.74 Å². The van der Waals surface area contributed by atoms with Gasteiger partial charge in [0, 0.05) is 37.5 Å². The second kappa shape index (κ2) is 9.42.